The van der Waals surface area contributed by atoms with Crippen molar-refractivity contribution < 1.29 is 17.5 Å². The Morgan fingerprint density at radius 1 is 1.09 bits per heavy atom. The number of sulfonamides is 1. The van der Waals surface area contributed by atoms with Crippen LogP contribution in [0.4, 0.5) is 4.39 Å². The maximum absolute atomic E-state index is 14.1. The first-order chi connectivity index (χ1) is 10.8. The van der Waals surface area contributed by atoms with E-state index in [1.807, 2.05) is 31.2 Å². The second-order valence-corrected chi connectivity index (χ2v) is 7.46. The standard InChI is InChI=1S/C17H20FNO3S/c1-12-5-7-14(8-6-12)11-19(3)23(20,21)16-10-9-15(22-4)17(18)13(16)2/h5-10H,11H2,1-4H3. The fourth-order valence-corrected chi connectivity index (χ4v) is 3.65. The lowest BCUT2D eigenvalue weighted by molar-refractivity contribution is 0.383. The molecule has 0 aromatic heterocycles. The summed E-state index contributed by atoms with van der Waals surface area (Å²) in [6.45, 7) is 3.62. The van der Waals surface area contributed by atoms with Crippen LogP contribution in [0, 0.1) is 19.7 Å². The Morgan fingerprint density at radius 2 is 1.70 bits per heavy atom. The van der Waals surface area contributed by atoms with E-state index in [0.29, 0.717) is 0 Å². The molecular weight excluding hydrogens is 317 g/mol. The number of hydrogen-bond acceptors (Lipinski definition) is 3. The molecule has 0 aliphatic rings. The molecule has 6 heteroatoms. The second-order valence-electron chi connectivity index (χ2n) is 5.45. The molecule has 2 aromatic carbocycles. The molecule has 0 unspecified atom stereocenters. The summed E-state index contributed by atoms with van der Waals surface area (Å²) >= 11 is 0. The van der Waals surface area contributed by atoms with E-state index in [1.165, 1.54) is 37.5 Å². The van der Waals surface area contributed by atoms with Crippen molar-refractivity contribution in [3.8, 4) is 5.75 Å². The smallest absolute Gasteiger partial charge is 0.243 e. The molecule has 0 saturated carbocycles. The number of hydrogen-bond donors (Lipinski definition) is 0. The van der Waals surface area contributed by atoms with Crippen LogP contribution in [0.5, 0.6) is 5.75 Å². The van der Waals surface area contributed by atoms with Crippen LogP contribution in [0.1, 0.15) is 16.7 Å². The zero-order chi connectivity index (χ0) is 17.2. The predicted octanol–water partition coefficient (Wildman–Crippen LogP) is 3.27. The molecule has 0 aliphatic heterocycles. The van der Waals surface area contributed by atoms with Gasteiger partial charge in [0.05, 0.1) is 12.0 Å². The number of methoxy groups -OCH3 is 1. The Balaban J connectivity index is 2.34. The van der Waals surface area contributed by atoms with Gasteiger partial charge in [-0.1, -0.05) is 29.8 Å². The van der Waals surface area contributed by atoms with Crippen LogP contribution in [0.2, 0.25) is 0 Å². The number of ether oxygens (including phenoxy) is 1. The van der Waals surface area contributed by atoms with E-state index in [2.05, 4.69) is 0 Å². The Hall–Kier alpha value is -1.92. The lowest BCUT2D eigenvalue weighted by atomic mass is 10.1. The van der Waals surface area contributed by atoms with Gasteiger partial charge in [-0.05, 0) is 31.5 Å². The summed E-state index contributed by atoms with van der Waals surface area (Å²) < 4.78 is 45.6. The lowest BCUT2D eigenvalue weighted by Crippen LogP contribution is -2.27. The number of rotatable bonds is 5. The van der Waals surface area contributed by atoms with Crippen molar-refractivity contribution >= 4 is 10.0 Å². The highest BCUT2D eigenvalue weighted by Crippen LogP contribution is 2.28. The van der Waals surface area contributed by atoms with E-state index in [-0.39, 0.29) is 22.8 Å². The molecule has 124 valence electrons. The Morgan fingerprint density at radius 3 is 2.26 bits per heavy atom. The van der Waals surface area contributed by atoms with Crippen LogP contribution in [0.15, 0.2) is 41.3 Å². The SMILES string of the molecule is COc1ccc(S(=O)(=O)N(C)Cc2ccc(C)cc2)c(C)c1F. The van der Waals surface area contributed by atoms with E-state index in [9.17, 15) is 12.8 Å². The third-order valence-corrected chi connectivity index (χ3v) is 5.68. The van der Waals surface area contributed by atoms with Gasteiger partial charge in [-0.15, -0.1) is 0 Å². The van der Waals surface area contributed by atoms with Crippen LogP contribution < -0.4 is 4.74 Å². The zero-order valence-electron chi connectivity index (χ0n) is 13.6. The van der Waals surface area contributed by atoms with Gasteiger partial charge in [-0.2, -0.15) is 4.31 Å². The van der Waals surface area contributed by atoms with Gasteiger partial charge in [0.2, 0.25) is 10.0 Å². The maximum atomic E-state index is 14.1. The topological polar surface area (TPSA) is 46.6 Å². The van der Waals surface area contributed by atoms with Crippen LogP contribution in [0.25, 0.3) is 0 Å². The summed E-state index contributed by atoms with van der Waals surface area (Å²) in [6.07, 6.45) is 0. The van der Waals surface area contributed by atoms with Crippen molar-refractivity contribution in [2.45, 2.75) is 25.3 Å². The molecule has 0 fully saturated rings. The molecule has 0 radical (unpaired) electrons. The van der Waals surface area contributed by atoms with Crippen molar-refractivity contribution in [1.82, 2.24) is 4.31 Å². The van der Waals surface area contributed by atoms with Gasteiger partial charge >= 0.3 is 0 Å². The van der Waals surface area contributed by atoms with Gasteiger partial charge in [-0.3, -0.25) is 0 Å². The molecule has 2 aromatic rings. The highest BCUT2D eigenvalue weighted by molar-refractivity contribution is 7.89. The normalized spacial score (nSPS) is 11.7. The summed E-state index contributed by atoms with van der Waals surface area (Å²) in [6, 6.07) is 10.3. The number of aryl methyl sites for hydroxylation is 1. The monoisotopic (exact) mass is 337 g/mol. The van der Waals surface area contributed by atoms with Crippen LogP contribution in [0.3, 0.4) is 0 Å². The Bertz CT molecular complexity index is 801. The maximum Gasteiger partial charge on any atom is 0.243 e. The Kier molecular flexibility index (Phi) is 5.06. The van der Waals surface area contributed by atoms with E-state index in [1.54, 1.807) is 0 Å². The summed E-state index contributed by atoms with van der Waals surface area (Å²) in [5, 5.41) is 0. The first-order valence-electron chi connectivity index (χ1n) is 7.12. The quantitative estimate of drug-likeness (QED) is 0.841. The first-order valence-corrected chi connectivity index (χ1v) is 8.56. The number of halogens is 1. The summed E-state index contributed by atoms with van der Waals surface area (Å²) in [7, 11) is -0.962. The fraction of sp³-hybridized carbons (Fsp3) is 0.294. The average molecular weight is 337 g/mol. The Labute approximate surface area is 136 Å². The summed E-state index contributed by atoms with van der Waals surface area (Å²) in [5.74, 6) is -0.625. The molecule has 0 bridgehead atoms. The summed E-state index contributed by atoms with van der Waals surface area (Å²) in [5.41, 5.74) is 2.03. The predicted molar refractivity (Wildman–Crippen MR) is 87.5 cm³/mol. The van der Waals surface area contributed by atoms with E-state index in [0.717, 1.165) is 11.1 Å². The third kappa shape index (κ3) is 3.54. The van der Waals surface area contributed by atoms with E-state index < -0.39 is 15.8 Å². The molecule has 0 atom stereocenters. The van der Waals surface area contributed by atoms with Crippen molar-refractivity contribution in [3.05, 3.63) is 58.9 Å². The van der Waals surface area contributed by atoms with Gasteiger partial charge in [0.1, 0.15) is 0 Å². The number of nitrogens with zero attached hydrogens (tertiary/aromatic N) is 1. The van der Waals surface area contributed by atoms with Gasteiger partial charge in [0.15, 0.2) is 11.6 Å². The largest absolute Gasteiger partial charge is 0.494 e. The molecule has 0 amide bonds. The van der Waals surface area contributed by atoms with Gasteiger partial charge in [0, 0.05) is 19.2 Å². The minimum absolute atomic E-state index is 0.0302. The average Bonchev–Trinajstić information content (AvgIpc) is 2.51. The van der Waals surface area contributed by atoms with Crippen LogP contribution in [-0.4, -0.2) is 26.9 Å². The molecular formula is C17H20FNO3S. The van der Waals surface area contributed by atoms with Crippen LogP contribution in [-0.2, 0) is 16.6 Å². The molecule has 0 saturated heterocycles. The summed E-state index contributed by atoms with van der Waals surface area (Å²) in [4.78, 5) is -0.0505. The molecule has 0 spiro atoms. The van der Waals surface area contributed by atoms with Crippen LogP contribution >= 0.6 is 0 Å². The highest BCUT2D eigenvalue weighted by Gasteiger charge is 2.25. The molecule has 0 aliphatic carbocycles. The first kappa shape index (κ1) is 17.4. The minimum atomic E-state index is -3.79. The van der Waals surface area contributed by atoms with Gasteiger partial charge in [-0.25, -0.2) is 12.8 Å². The van der Waals surface area contributed by atoms with E-state index in [4.69, 9.17) is 4.74 Å². The zero-order valence-corrected chi connectivity index (χ0v) is 14.4. The molecule has 4 nitrogen and oxygen atoms in total. The van der Waals surface area contributed by atoms with Gasteiger partial charge in [0.25, 0.3) is 0 Å². The number of benzene rings is 2. The van der Waals surface area contributed by atoms with Crippen molar-refractivity contribution in [1.29, 1.82) is 0 Å². The molecule has 0 heterocycles. The third-order valence-electron chi connectivity index (χ3n) is 3.74. The van der Waals surface area contributed by atoms with Crippen molar-refractivity contribution in [2.75, 3.05) is 14.2 Å². The van der Waals surface area contributed by atoms with E-state index >= 15 is 0 Å². The van der Waals surface area contributed by atoms with Crippen molar-refractivity contribution in [3.63, 3.8) is 0 Å². The van der Waals surface area contributed by atoms with Gasteiger partial charge < -0.3 is 4.74 Å². The molecule has 0 N–H and O–H groups in total. The lowest BCUT2D eigenvalue weighted by Gasteiger charge is -2.19. The second kappa shape index (κ2) is 6.68. The minimum Gasteiger partial charge on any atom is -0.494 e. The van der Waals surface area contributed by atoms with Crippen molar-refractivity contribution in [2.24, 2.45) is 0 Å². The highest BCUT2D eigenvalue weighted by atomic mass is 32.2. The molecule has 2 rings (SSSR count). The fourth-order valence-electron chi connectivity index (χ4n) is 2.28. The molecule has 23 heavy (non-hydrogen) atoms.